The van der Waals surface area contributed by atoms with Gasteiger partial charge in [0.25, 0.3) is 0 Å². The molecule has 1 aromatic heterocycles. The van der Waals surface area contributed by atoms with Crippen LogP contribution in [-0.4, -0.2) is 38.2 Å². The predicted molar refractivity (Wildman–Crippen MR) is 90.6 cm³/mol. The molecule has 0 saturated heterocycles. The third kappa shape index (κ3) is 5.30. The molecule has 1 amide bonds. The molecule has 8 heteroatoms. The maximum atomic E-state index is 12.0. The summed E-state index contributed by atoms with van der Waals surface area (Å²) < 4.78 is 1.56. The first-order valence-electron chi connectivity index (χ1n) is 7.44. The van der Waals surface area contributed by atoms with Crippen LogP contribution in [0.4, 0.5) is 0 Å². The fraction of sp³-hybridized carbons (Fsp3) is 0.467. The summed E-state index contributed by atoms with van der Waals surface area (Å²) in [6.07, 6.45) is 3.53. The van der Waals surface area contributed by atoms with Gasteiger partial charge in [0.05, 0.1) is 12.1 Å². The fourth-order valence-corrected chi connectivity index (χ4v) is 2.07. The van der Waals surface area contributed by atoms with E-state index in [0.717, 1.165) is 24.1 Å². The number of halogens is 1. The Labute approximate surface area is 142 Å². The first kappa shape index (κ1) is 19.1. The highest BCUT2D eigenvalue weighted by Crippen LogP contribution is 2.10. The molecule has 0 aliphatic carbocycles. The summed E-state index contributed by atoms with van der Waals surface area (Å²) in [5.74, 6) is -0.0214. The van der Waals surface area contributed by atoms with Gasteiger partial charge in [-0.25, -0.2) is 4.68 Å². The molecule has 0 bridgehead atoms. The Kier molecular flexibility index (Phi) is 7.12. The lowest BCUT2D eigenvalue weighted by Crippen LogP contribution is -2.49. The van der Waals surface area contributed by atoms with Crippen molar-refractivity contribution in [3.63, 3.8) is 0 Å². The summed E-state index contributed by atoms with van der Waals surface area (Å²) in [5, 5.41) is 13.9. The quantitative estimate of drug-likeness (QED) is 0.791. The summed E-state index contributed by atoms with van der Waals surface area (Å²) in [6.45, 7) is 4.57. The molecule has 1 aromatic carbocycles. The molecular weight excluding hydrogens is 316 g/mol. The number of rotatable bonds is 7. The van der Waals surface area contributed by atoms with E-state index in [1.165, 1.54) is 6.33 Å². The molecular formula is C15H23ClN6O. The van der Waals surface area contributed by atoms with Crippen LogP contribution in [-0.2, 0) is 11.2 Å². The van der Waals surface area contributed by atoms with Gasteiger partial charge in [0.15, 0.2) is 0 Å². The van der Waals surface area contributed by atoms with Gasteiger partial charge in [-0.2, -0.15) is 0 Å². The van der Waals surface area contributed by atoms with Crippen molar-refractivity contribution in [2.45, 2.75) is 38.6 Å². The zero-order chi connectivity index (χ0) is 16.0. The van der Waals surface area contributed by atoms with Gasteiger partial charge in [0, 0.05) is 12.1 Å². The van der Waals surface area contributed by atoms with Crippen LogP contribution >= 0.6 is 12.4 Å². The van der Waals surface area contributed by atoms with Gasteiger partial charge < -0.3 is 11.1 Å². The normalized spacial score (nSPS) is 10.9. The van der Waals surface area contributed by atoms with Crippen molar-refractivity contribution in [1.82, 2.24) is 25.5 Å². The number of carbonyl (C=O) groups is 1. The number of hydrogen-bond donors (Lipinski definition) is 2. The summed E-state index contributed by atoms with van der Waals surface area (Å²) in [4.78, 5) is 12.0. The molecule has 0 aliphatic heterocycles. The largest absolute Gasteiger partial charge is 0.354 e. The topological polar surface area (TPSA) is 98.7 Å². The van der Waals surface area contributed by atoms with E-state index in [2.05, 4.69) is 20.8 Å². The standard InChI is InChI=1S/C15H22N6O.ClH/c1-3-15(16,4-2)10-17-14(22)9-12-5-7-13(8-6-12)21-11-18-19-20-21;/h5-8,11H,3-4,9-10,16H2,1-2H3,(H,17,22);1H. The minimum Gasteiger partial charge on any atom is -0.354 e. The van der Waals surface area contributed by atoms with Crippen molar-refractivity contribution in [2.75, 3.05) is 6.54 Å². The number of hydrogen-bond acceptors (Lipinski definition) is 5. The summed E-state index contributed by atoms with van der Waals surface area (Å²) in [5.41, 5.74) is 7.65. The van der Waals surface area contributed by atoms with E-state index in [1.54, 1.807) is 4.68 Å². The van der Waals surface area contributed by atoms with E-state index >= 15 is 0 Å². The Balaban J connectivity index is 0.00000264. The van der Waals surface area contributed by atoms with Crippen molar-refractivity contribution in [3.05, 3.63) is 36.2 Å². The van der Waals surface area contributed by atoms with Crippen LogP contribution in [0.1, 0.15) is 32.3 Å². The van der Waals surface area contributed by atoms with Crippen LogP contribution in [0.25, 0.3) is 5.69 Å². The molecule has 2 rings (SSSR count). The minimum atomic E-state index is -0.320. The monoisotopic (exact) mass is 338 g/mol. The highest BCUT2D eigenvalue weighted by Gasteiger charge is 2.20. The summed E-state index contributed by atoms with van der Waals surface area (Å²) in [7, 11) is 0. The van der Waals surface area contributed by atoms with Crippen LogP contribution < -0.4 is 11.1 Å². The Morgan fingerprint density at radius 2 is 1.91 bits per heavy atom. The zero-order valence-corrected chi connectivity index (χ0v) is 14.2. The Bertz CT molecular complexity index is 595. The van der Waals surface area contributed by atoms with Crippen LogP contribution in [0.15, 0.2) is 30.6 Å². The average Bonchev–Trinajstić information content (AvgIpc) is 3.08. The molecule has 0 unspecified atom stereocenters. The molecule has 7 nitrogen and oxygen atoms in total. The summed E-state index contributed by atoms with van der Waals surface area (Å²) in [6, 6.07) is 7.55. The number of nitrogens with zero attached hydrogens (tertiary/aromatic N) is 4. The Morgan fingerprint density at radius 1 is 1.26 bits per heavy atom. The highest BCUT2D eigenvalue weighted by molar-refractivity contribution is 5.85. The van der Waals surface area contributed by atoms with Crippen LogP contribution in [0.3, 0.4) is 0 Å². The second kappa shape index (κ2) is 8.59. The molecule has 3 N–H and O–H groups in total. The first-order chi connectivity index (χ1) is 10.6. The van der Waals surface area contributed by atoms with Gasteiger partial charge >= 0.3 is 0 Å². The van der Waals surface area contributed by atoms with Crippen molar-refractivity contribution in [3.8, 4) is 5.69 Å². The Hall–Kier alpha value is -1.99. The summed E-state index contributed by atoms with van der Waals surface area (Å²) >= 11 is 0. The van der Waals surface area contributed by atoms with Gasteiger partial charge in [-0.3, -0.25) is 4.79 Å². The van der Waals surface area contributed by atoms with Crippen LogP contribution in [0.5, 0.6) is 0 Å². The second-order valence-corrected chi connectivity index (χ2v) is 5.44. The van der Waals surface area contributed by atoms with E-state index in [-0.39, 0.29) is 23.9 Å². The molecule has 0 saturated carbocycles. The number of amides is 1. The molecule has 23 heavy (non-hydrogen) atoms. The van der Waals surface area contributed by atoms with E-state index < -0.39 is 0 Å². The number of tetrazole rings is 1. The number of nitrogens with two attached hydrogens (primary N) is 1. The molecule has 0 fully saturated rings. The van der Waals surface area contributed by atoms with Gasteiger partial charge in [-0.1, -0.05) is 26.0 Å². The third-order valence-electron chi connectivity index (χ3n) is 3.96. The SMILES string of the molecule is CCC(N)(CC)CNC(=O)Cc1ccc(-n2cnnn2)cc1.Cl. The number of carbonyl (C=O) groups excluding carboxylic acids is 1. The lowest BCUT2D eigenvalue weighted by molar-refractivity contribution is -0.120. The maximum absolute atomic E-state index is 12.0. The van der Waals surface area contributed by atoms with Crippen molar-refractivity contribution < 1.29 is 4.79 Å². The van der Waals surface area contributed by atoms with E-state index in [9.17, 15) is 4.79 Å². The highest BCUT2D eigenvalue weighted by atomic mass is 35.5. The number of aromatic nitrogens is 4. The molecule has 126 valence electrons. The number of nitrogens with one attached hydrogen (secondary N) is 1. The molecule has 0 aliphatic rings. The first-order valence-corrected chi connectivity index (χ1v) is 7.44. The van der Waals surface area contributed by atoms with Crippen LogP contribution in [0, 0.1) is 0 Å². The molecule has 2 aromatic rings. The van der Waals surface area contributed by atoms with Gasteiger partial charge in [0.2, 0.25) is 5.91 Å². The van der Waals surface area contributed by atoms with Gasteiger partial charge in [-0.15, -0.1) is 17.5 Å². The smallest absolute Gasteiger partial charge is 0.224 e. The fourth-order valence-electron chi connectivity index (χ4n) is 2.07. The molecule has 0 atom stereocenters. The van der Waals surface area contributed by atoms with E-state index in [4.69, 9.17) is 5.73 Å². The molecule has 1 heterocycles. The van der Waals surface area contributed by atoms with Crippen LogP contribution in [0.2, 0.25) is 0 Å². The molecule has 0 radical (unpaired) electrons. The van der Waals surface area contributed by atoms with Crippen molar-refractivity contribution >= 4 is 18.3 Å². The minimum absolute atomic E-state index is 0. The maximum Gasteiger partial charge on any atom is 0.224 e. The van der Waals surface area contributed by atoms with E-state index in [0.29, 0.717) is 13.0 Å². The van der Waals surface area contributed by atoms with Gasteiger partial charge in [0.1, 0.15) is 6.33 Å². The lowest BCUT2D eigenvalue weighted by Gasteiger charge is -2.26. The van der Waals surface area contributed by atoms with Crippen molar-refractivity contribution in [2.24, 2.45) is 5.73 Å². The predicted octanol–water partition coefficient (Wildman–Crippen LogP) is 1.26. The number of benzene rings is 1. The zero-order valence-electron chi connectivity index (χ0n) is 13.4. The van der Waals surface area contributed by atoms with E-state index in [1.807, 2.05) is 38.1 Å². The Morgan fingerprint density at radius 3 is 2.43 bits per heavy atom. The third-order valence-corrected chi connectivity index (χ3v) is 3.96. The second-order valence-electron chi connectivity index (χ2n) is 5.44. The van der Waals surface area contributed by atoms with Gasteiger partial charge in [-0.05, 0) is 41.0 Å². The lowest BCUT2D eigenvalue weighted by atomic mass is 9.94. The average molecular weight is 339 g/mol. The molecule has 0 spiro atoms. The van der Waals surface area contributed by atoms with Crippen molar-refractivity contribution in [1.29, 1.82) is 0 Å².